The first-order valence-corrected chi connectivity index (χ1v) is 14.4. The normalized spacial score (nSPS) is 32.4. The fraction of sp³-hybridized carbons (Fsp3) is 0.567. The molecule has 2 aromatic carbocycles. The molecule has 2 saturated carbocycles. The third-order valence-corrected chi connectivity index (χ3v) is 9.79. The molecule has 2 aliphatic heterocycles. The Bertz CT molecular complexity index is 1340. The highest BCUT2D eigenvalue weighted by Crippen LogP contribution is 2.70. The third kappa shape index (κ3) is 5.21. The molecule has 2 unspecified atom stereocenters. The van der Waals surface area contributed by atoms with E-state index in [1.54, 1.807) is 0 Å². The third-order valence-electron chi connectivity index (χ3n) is 9.79. The van der Waals surface area contributed by atoms with E-state index in [-0.39, 0.29) is 33.9 Å². The Balaban J connectivity index is 1.38. The van der Waals surface area contributed by atoms with Crippen LogP contribution in [0.15, 0.2) is 48.5 Å². The van der Waals surface area contributed by atoms with Crippen LogP contribution in [0.25, 0.3) is 0 Å². The van der Waals surface area contributed by atoms with Gasteiger partial charge in [0.2, 0.25) is 0 Å². The molecule has 4 N–H and O–H groups in total. The first-order valence-electron chi connectivity index (χ1n) is 14.4. The van der Waals surface area contributed by atoms with Crippen molar-refractivity contribution in [2.24, 2.45) is 17.0 Å². The molecule has 4 fully saturated rings. The number of alkyl halides is 6. The number of nitrogens with zero attached hydrogens (tertiary/aromatic N) is 2. The maximum Gasteiger partial charge on any atom is 0.573 e. The van der Waals surface area contributed by atoms with Gasteiger partial charge in [-0.05, 0) is 87.2 Å². The van der Waals surface area contributed by atoms with Gasteiger partial charge in [0.15, 0.2) is 5.69 Å². The molecule has 2 aliphatic carbocycles. The molecule has 228 valence electrons. The van der Waals surface area contributed by atoms with E-state index in [9.17, 15) is 26.3 Å². The maximum atomic E-state index is 13.4. The Morgan fingerprint density at radius 2 is 1.67 bits per heavy atom. The van der Waals surface area contributed by atoms with E-state index in [4.69, 9.17) is 16.3 Å². The monoisotopic (exact) mass is 597 g/mol. The molecule has 6 rings (SSSR count). The van der Waals surface area contributed by atoms with E-state index in [2.05, 4.69) is 21.8 Å². The second-order valence-corrected chi connectivity index (χ2v) is 12.2. The average Bonchev–Trinajstić information content (AvgIpc) is 3.27. The molecular weight excluding hydrogens is 562 g/mol. The molecule has 0 radical (unpaired) electrons. The van der Waals surface area contributed by atoms with Crippen LogP contribution in [-0.4, -0.2) is 59.3 Å². The number of likely N-dealkylation sites (tertiary alicyclic amines) is 1. The number of hydrogen-bond acceptors (Lipinski definition) is 4. The Hall–Kier alpha value is -2.99. The van der Waals surface area contributed by atoms with Crippen molar-refractivity contribution < 1.29 is 40.5 Å². The molecule has 5 atom stereocenters. The minimum absolute atomic E-state index is 0.0101. The topological polar surface area (TPSA) is 76.8 Å². The van der Waals surface area contributed by atoms with Gasteiger partial charge in [-0.15, -0.1) is 17.9 Å². The van der Waals surface area contributed by atoms with Gasteiger partial charge in [-0.3, -0.25) is 16.5 Å². The van der Waals surface area contributed by atoms with Crippen molar-refractivity contribution in [2.75, 3.05) is 19.7 Å². The number of rotatable bonds is 5. The van der Waals surface area contributed by atoms with Crippen molar-refractivity contribution in [3.05, 3.63) is 59.7 Å². The second-order valence-electron chi connectivity index (χ2n) is 12.2. The number of nitrogens with two attached hydrogens (primary N) is 2. The summed E-state index contributed by atoms with van der Waals surface area (Å²) in [6, 6.07) is 13.8. The summed E-state index contributed by atoms with van der Waals surface area (Å²) < 4.78 is 91.3. The van der Waals surface area contributed by atoms with Crippen LogP contribution < -0.4 is 16.3 Å². The zero-order valence-corrected chi connectivity index (χ0v) is 23.1. The Labute approximate surface area is 240 Å². The van der Waals surface area contributed by atoms with Gasteiger partial charge in [0.1, 0.15) is 5.75 Å². The van der Waals surface area contributed by atoms with Crippen molar-refractivity contribution in [3.8, 4) is 5.75 Å². The summed E-state index contributed by atoms with van der Waals surface area (Å²) in [5.41, 5.74) is 5.63. The summed E-state index contributed by atoms with van der Waals surface area (Å²) in [6.45, 7) is 2.25. The van der Waals surface area contributed by atoms with Gasteiger partial charge in [-0.1, -0.05) is 30.3 Å². The molecular formula is C30H35F6N4O2+. The summed E-state index contributed by atoms with van der Waals surface area (Å²) in [6.07, 6.45) is -3.38. The number of halogens is 6. The molecule has 2 heterocycles. The van der Waals surface area contributed by atoms with Crippen LogP contribution in [0, 0.1) is 5.41 Å². The summed E-state index contributed by atoms with van der Waals surface area (Å²) in [4.78, 5) is 2.58. The molecule has 2 aromatic rings. The van der Waals surface area contributed by atoms with E-state index in [0.717, 1.165) is 56.5 Å². The van der Waals surface area contributed by atoms with Gasteiger partial charge in [0.25, 0.3) is 0 Å². The molecule has 0 aromatic heterocycles. The van der Waals surface area contributed by atoms with Gasteiger partial charge in [0.05, 0.1) is 12.2 Å². The lowest BCUT2D eigenvalue weighted by molar-refractivity contribution is -0.462. The summed E-state index contributed by atoms with van der Waals surface area (Å²) in [5.74, 6) is 3.07. The molecule has 42 heavy (non-hydrogen) atoms. The van der Waals surface area contributed by atoms with Crippen molar-refractivity contribution in [2.45, 2.75) is 81.0 Å². The fourth-order valence-corrected chi connectivity index (χ4v) is 8.11. The number of hydrazine groups is 1. The number of hydrazone groups is 1. The van der Waals surface area contributed by atoms with Crippen LogP contribution in [0.1, 0.15) is 67.9 Å². The van der Waals surface area contributed by atoms with Crippen LogP contribution in [0.2, 0.25) is 0 Å². The van der Waals surface area contributed by atoms with Crippen molar-refractivity contribution in [1.29, 1.82) is 0 Å². The Morgan fingerprint density at radius 1 is 0.952 bits per heavy atom. The molecule has 4 aliphatic rings. The zero-order chi connectivity index (χ0) is 29.9. The minimum Gasteiger partial charge on any atom is -0.405 e. The van der Waals surface area contributed by atoms with Gasteiger partial charge < -0.3 is 9.47 Å². The maximum absolute atomic E-state index is 13.4. The Morgan fingerprint density at radius 3 is 2.33 bits per heavy atom. The van der Waals surface area contributed by atoms with Crippen LogP contribution in [0.4, 0.5) is 32.0 Å². The highest BCUT2D eigenvalue weighted by Gasteiger charge is 2.69. The minimum atomic E-state index is -4.99. The molecule has 0 amide bonds. The quantitative estimate of drug-likeness (QED) is 0.109. The molecule has 0 bridgehead atoms. The van der Waals surface area contributed by atoms with Crippen molar-refractivity contribution in [1.82, 2.24) is 4.90 Å². The van der Waals surface area contributed by atoms with Gasteiger partial charge in [-0.25, -0.2) is 0 Å². The van der Waals surface area contributed by atoms with Crippen LogP contribution in [0.5, 0.6) is 5.75 Å². The highest BCUT2D eigenvalue weighted by molar-refractivity contribution is 5.82. The average molecular weight is 598 g/mol. The SMILES string of the molecule is N/C(=[N+](\N)c1ccc(OC(F)(F)F)c([C@H]2CO[C@]3(CCCC4(CC4N4CCCC4)[C@H]3c3ccccc3)C2)c1)C(F)(F)F. The van der Waals surface area contributed by atoms with Gasteiger partial charge in [0, 0.05) is 23.4 Å². The number of hydrogen-bond donors (Lipinski definition) is 2. The number of ether oxygens (including phenoxy) is 2. The predicted molar refractivity (Wildman–Crippen MR) is 143 cm³/mol. The smallest absolute Gasteiger partial charge is 0.405 e. The lowest BCUT2D eigenvalue weighted by Crippen LogP contribution is -2.47. The zero-order valence-electron chi connectivity index (χ0n) is 23.1. The highest BCUT2D eigenvalue weighted by atomic mass is 19.4. The largest absolute Gasteiger partial charge is 0.573 e. The van der Waals surface area contributed by atoms with E-state index >= 15 is 0 Å². The molecule has 2 spiro atoms. The Kier molecular flexibility index (Phi) is 7.15. The van der Waals surface area contributed by atoms with Crippen molar-refractivity contribution >= 4 is 11.5 Å². The molecule has 2 saturated heterocycles. The summed E-state index contributed by atoms with van der Waals surface area (Å²) >= 11 is 0. The van der Waals surface area contributed by atoms with Gasteiger partial charge >= 0.3 is 18.4 Å². The van der Waals surface area contributed by atoms with E-state index < -0.39 is 35.6 Å². The van der Waals surface area contributed by atoms with E-state index in [0.29, 0.717) is 12.5 Å². The van der Waals surface area contributed by atoms with Gasteiger partial charge in [-0.2, -0.15) is 13.2 Å². The lowest BCUT2D eigenvalue weighted by atomic mass is 9.61. The predicted octanol–water partition coefficient (Wildman–Crippen LogP) is 6.09. The first kappa shape index (κ1) is 29.1. The van der Waals surface area contributed by atoms with Crippen LogP contribution in [0.3, 0.4) is 0 Å². The lowest BCUT2D eigenvalue weighted by Gasteiger charge is -2.48. The summed E-state index contributed by atoms with van der Waals surface area (Å²) in [5, 5.41) is 0. The van der Waals surface area contributed by atoms with E-state index in [1.807, 2.05) is 18.2 Å². The van der Waals surface area contributed by atoms with E-state index in [1.165, 1.54) is 18.9 Å². The first-order chi connectivity index (χ1) is 19.8. The van der Waals surface area contributed by atoms with Crippen molar-refractivity contribution in [3.63, 3.8) is 0 Å². The standard InChI is InChI=1S/C30H34F6N4O2/c31-29(32,33)26(37)40(38)21-9-10-23(42-30(34,35)36)22(15-21)20-16-28(41-18-20)12-6-11-27(17-24(27)39-13-4-5-14-39)25(28)19-7-2-1-3-8-19/h1-3,7-10,15,20,24-25,37H,4-6,11-14,16-18,38H2/p+1/t20-,24?,25-,27?,28-/m1/s1. The van der Waals surface area contributed by atoms with Crippen LogP contribution >= 0.6 is 0 Å². The number of amidine groups is 1. The second kappa shape index (κ2) is 10.3. The number of benzene rings is 2. The summed E-state index contributed by atoms with van der Waals surface area (Å²) in [7, 11) is 0. The fourth-order valence-electron chi connectivity index (χ4n) is 8.11. The molecule has 12 heteroatoms. The van der Waals surface area contributed by atoms with Crippen LogP contribution in [-0.2, 0) is 4.74 Å². The molecule has 6 nitrogen and oxygen atoms in total.